The highest BCUT2D eigenvalue weighted by Crippen LogP contribution is 2.28. The van der Waals surface area contributed by atoms with E-state index in [2.05, 4.69) is 15.6 Å². The van der Waals surface area contributed by atoms with Gasteiger partial charge in [-0.3, -0.25) is 9.59 Å². The molecule has 0 spiro atoms. The van der Waals surface area contributed by atoms with E-state index in [1.54, 1.807) is 61.8 Å². The number of methoxy groups -OCH3 is 2. The Kier molecular flexibility index (Phi) is 6.85. The Labute approximate surface area is 201 Å². The molecule has 0 unspecified atom stereocenters. The molecule has 0 saturated carbocycles. The first-order valence-corrected chi connectivity index (χ1v) is 10.7. The van der Waals surface area contributed by atoms with Crippen molar-refractivity contribution in [3.8, 4) is 11.5 Å². The molecule has 1 aromatic heterocycles. The zero-order valence-electron chi connectivity index (χ0n) is 18.5. The zero-order valence-corrected chi connectivity index (χ0v) is 19.3. The van der Waals surface area contributed by atoms with Gasteiger partial charge in [-0.1, -0.05) is 29.8 Å². The van der Waals surface area contributed by atoms with Crippen LogP contribution in [0.25, 0.3) is 17.0 Å². The maximum atomic E-state index is 13.2. The van der Waals surface area contributed by atoms with Gasteiger partial charge in [0.05, 0.1) is 19.2 Å². The second kappa shape index (κ2) is 10.1. The smallest absolute Gasteiger partial charge is 0.272 e. The van der Waals surface area contributed by atoms with Crippen LogP contribution < -0.4 is 20.1 Å². The number of aromatic nitrogens is 1. The largest absolute Gasteiger partial charge is 0.497 e. The third kappa shape index (κ3) is 5.05. The molecule has 34 heavy (non-hydrogen) atoms. The fourth-order valence-electron chi connectivity index (χ4n) is 3.40. The van der Waals surface area contributed by atoms with E-state index in [1.165, 1.54) is 7.11 Å². The van der Waals surface area contributed by atoms with Crippen molar-refractivity contribution in [1.29, 1.82) is 0 Å². The minimum absolute atomic E-state index is 0.0616. The van der Waals surface area contributed by atoms with Crippen molar-refractivity contribution in [3.05, 3.63) is 94.8 Å². The van der Waals surface area contributed by atoms with E-state index in [4.69, 9.17) is 21.1 Å². The quantitative estimate of drug-likeness (QED) is 0.318. The summed E-state index contributed by atoms with van der Waals surface area (Å²) in [4.78, 5) is 29.3. The number of benzene rings is 3. The van der Waals surface area contributed by atoms with Gasteiger partial charge < -0.3 is 25.1 Å². The first kappa shape index (κ1) is 22.9. The van der Waals surface area contributed by atoms with E-state index in [0.29, 0.717) is 33.3 Å². The van der Waals surface area contributed by atoms with Crippen molar-refractivity contribution in [3.63, 3.8) is 0 Å². The average molecular weight is 476 g/mol. The monoisotopic (exact) mass is 475 g/mol. The van der Waals surface area contributed by atoms with E-state index in [0.717, 1.165) is 10.9 Å². The van der Waals surface area contributed by atoms with Gasteiger partial charge in [0.2, 0.25) is 0 Å². The second-order valence-corrected chi connectivity index (χ2v) is 7.74. The number of hydrogen-bond acceptors (Lipinski definition) is 4. The van der Waals surface area contributed by atoms with Crippen LogP contribution in [0.15, 0.2) is 78.6 Å². The number of rotatable bonds is 7. The molecule has 1 heterocycles. The lowest BCUT2D eigenvalue weighted by atomic mass is 10.1. The summed E-state index contributed by atoms with van der Waals surface area (Å²) in [5.41, 5.74) is 2.53. The maximum absolute atomic E-state index is 13.2. The molecule has 8 heteroatoms. The third-order valence-electron chi connectivity index (χ3n) is 5.16. The Balaban J connectivity index is 1.71. The van der Waals surface area contributed by atoms with Gasteiger partial charge >= 0.3 is 0 Å². The Morgan fingerprint density at radius 2 is 1.76 bits per heavy atom. The van der Waals surface area contributed by atoms with Crippen LogP contribution in [0, 0.1) is 0 Å². The minimum atomic E-state index is -0.508. The Bertz CT molecular complexity index is 1380. The van der Waals surface area contributed by atoms with Crippen LogP contribution in [0.5, 0.6) is 11.5 Å². The van der Waals surface area contributed by atoms with Crippen molar-refractivity contribution in [2.75, 3.05) is 19.5 Å². The first-order valence-electron chi connectivity index (χ1n) is 10.4. The van der Waals surface area contributed by atoms with Crippen LogP contribution in [0.3, 0.4) is 0 Å². The maximum Gasteiger partial charge on any atom is 0.272 e. The van der Waals surface area contributed by atoms with Crippen LogP contribution >= 0.6 is 11.6 Å². The van der Waals surface area contributed by atoms with E-state index < -0.39 is 11.8 Å². The van der Waals surface area contributed by atoms with E-state index in [-0.39, 0.29) is 5.70 Å². The number of fused-ring (bicyclic) bond motifs is 1. The van der Waals surface area contributed by atoms with Gasteiger partial charge in [-0.05, 0) is 48.5 Å². The molecular weight excluding hydrogens is 454 g/mol. The van der Waals surface area contributed by atoms with Gasteiger partial charge in [-0.25, -0.2) is 0 Å². The molecule has 4 aromatic rings. The number of ether oxygens (including phenoxy) is 2. The zero-order chi connectivity index (χ0) is 24.1. The molecule has 3 N–H and O–H groups in total. The normalized spacial score (nSPS) is 11.2. The number of carbonyl (C=O) groups is 2. The van der Waals surface area contributed by atoms with Gasteiger partial charge in [0.15, 0.2) is 0 Å². The Morgan fingerprint density at radius 3 is 2.50 bits per heavy atom. The fourth-order valence-corrected chi connectivity index (χ4v) is 3.60. The standard InChI is InChI=1S/C26H22ClN3O4/c1-33-19-9-11-22-20(14-19)17(15-28-22)12-23(30-25(31)16-6-4-3-5-7-16)26(32)29-18-8-10-21(27)24(13-18)34-2/h3-15,28H,1-2H3,(H,29,32)(H,30,31). The molecule has 172 valence electrons. The highest BCUT2D eigenvalue weighted by molar-refractivity contribution is 6.32. The molecule has 2 amide bonds. The molecule has 0 bridgehead atoms. The number of anilines is 1. The van der Waals surface area contributed by atoms with Crippen LogP contribution in [-0.2, 0) is 4.79 Å². The second-order valence-electron chi connectivity index (χ2n) is 7.34. The highest BCUT2D eigenvalue weighted by atomic mass is 35.5. The summed E-state index contributed by atoms with van der Waals surface area (Å²) in [5, 5.41) is 6.78. The summed E-state index contributed by atoms with van der Waals surface area (Å²) < 4.78 is 10.5. The van der Waals surface area contributed by atoms with E-state index in [9.17, 15) is 9.59 Å². The number of halogens is 1. The van der Waals surface area contributed by atoms with E-state index in [1.807, 2.05) is 24.3 Å². The van der Waals surface area contributed by atoms with Crippen molar-refractivity contribution >= 4 is 46.1 Å². The molecule has 4 rings (SSSR count). The van der Waals surface area contributed by atoms with Crippen LogP contribution in [0.4, 0.5) is 5.69 Å². The lowest BCUT2D eigenvalue weighted by Gasteiger charge is -2.12. The number of hydrogen-bond donors (Lipinski definition) is 3. The predicted molar refractivity (Wildman–Crippen MR) is 133 cm³/mol. The van der Waals surface area contributed by atoms with Crippen molar-refractivity contribution in [2.45, 2.75) is 0 Å². The highest BCUT2D eigenvalue weighted by Gasteiger charge is 2.17. The van der Waals surface area contributed by atoms with Crippen LogP contribution in [0.2, 0.25) is 5.02 Å². The van der Waals surface area contributed by atoms with Crippen LogP contribution in [0.1, 0.15) is 15.9 Å². The molecule has 0 fully saturated rings. The SMILES string of the molecule is COc1ccc2[nH]cc(C=C(NC(=O)c3ccccc3)C(=O)Nc3ccc(Cl)c(OC)c3)c2c1. The van der Waals surface area contributed by atoms with Gasteiger partial charge in [-0.2, -0.15) is 0 Å². The Morgan fingerprint density at radius 1 is 0.971 bits per heavy atom. The number of carbonyl (C=O) groups excluding carboxylic acids is 2. The van der Waals surface area contributed by atoms with E-state index >= 15 is 0 Å². The van der Waals surface area contributed by atoms with Crippen molar-refractivity contribution < 1.29 is 19.1 Å². The summed E-state index contributed by atoms with van der Waals surface area (Å²) in [6.07, 6.45) is 3.37. The predicted octanol–water partition coefficient (Wildman–Crippen LogP) is 5.25. The average Bonchev–Trinajstić information content (AvgIpc) is 3.26. The summed E-state index contributed by atoms with van der Waals surface area (Å²) in [6, 6.07) is 19.1. The number of nitrogens with one attached hydrogen (secondary N) is 3. The summed E-state index contributed by atoms with van der Waals surface area (Å²) in [6.45, 7) is 0. The molecule has 0 atom stereocenters. The van der Waals surface area contributed by atoms with Crippen molar-refractivity contribution in [1.82, 2.24) is 10.3 Å². The number of amides is 2. The molecule has 7 nitrogen and oxygen atoms in total. The van der Waals surface area contributed by atoms with Gasteiger partial charge in [0, 0.05) is 40.0 Å². The van der Waals surface area contributed by atoms with Crippen molar-refractivity contribution in [2.24, 2.45) is 0 Å². The lowest BCUT2D eigenvalue weighted by Crippen LogP contribution is -2.30. The lowest BCUT2D eigenvalue weighted by molar-refractivity contribution is -0.113. The topological polar surface area (TPSA) is 92.5 Å². The molecule has 0 radical (unpaired) electrons. The molecule has 0 aliphatic rings. The minimum Gasteiger partial charge on any atom is -0.497 e. The Hall–Kier alpha value is -4.23. The summed E-state index contributed by atoms with van der Waals surface area (Å²) in [7, 11) is 3.08. The molecular formula is C26H22ClN3O4. The molecule has 0 aliphatic heterocycles. The van der Waals surface area contributed by atoms with Gasteiger partial charge in [0.1, 0.15) is 17.2 Å². The molecule has 0 aliphatic carbocycles. The third-order valence-corrected chi connectivity index (χ3v) is 5.47. The van der Waals surface area contributed by atoms with Gasteiger partial charge in [-0.15, -0.1) is 0 Å². The molecule has 0 saturated heterocycles. The summed E-state index contributed by atoms with van der Waals surface area (Å²) in [5.74, 6) is 0.176. The fraction of sp³-hybridized carbons (Fsp3) is 0.0769. The number of H-pyrrole nitrogens is 1. The summed E-state index contributed by atoms with van der Waals surface area (Å²) >= 11 is 6.09. The molecule has 3 aromatic carbocycles. The number of aromatic amines is 1. The van der Waals surface area contributed by atoms with Crippen LogP contribution in [-0.4, -0.2) is 31.0 Å². The first-order chi connectivity index (χ1) is 16.5. The van der Waals surface area contributed by atoms with Gasteiger partial charge in [0.25, 0.3) is 11.8 Å².